The van der Waals surface area contributed by atoms with Gasteiger partial charge in [0.15, 0.2) is 0 Å². The highest BCUT2D eigenvalue weighted by molar-refractivity contribution is 5.41. The molecule has 2 nitrogen and oxygen atoms in total. The van der Waals surface area contributed by atoms with Crippen LogP contribution in [0.4, 0.5) is 0 Å². The second-order valence-electron chi connectivity index (χ2n) is 4.63. The molecule has 1 aromatic carbocycles. The molecule has 1 N–H and O–H groups in total. The highest BCUT2D eigenvalue weighted by Crippen LogP contribution is 2.47. The fourth-order valence-corrected chi connectivity index (χ4v) is 2.08. The average Bonchev–Trinajstić information content (AvgIpc) is 3.01. The molecule has 0 heterocycles. The third-order valence-electron chi connectivity index (χ3n) is 3.27. The molecule has 0 spiro atoms. The summed E-state index contributed by atoms with van der Waals surface area (Å²) >= 11 is 0. The monoisotopic (exact) mass is 206 g/mol. The molecule has 1 fully saturated rings. The fourth-order valence-electron chi connectivity index (χ4n) is 2.08. The van der Waals surface area contributed by atoms with E-state index in [1.807, 2.05) is 32.0 Å². The highest BCUT2D eigenvalue weighted by Gasteiger charge is 2.42. The number of hydrogen-bond acceptors (Lipinski definition) is 2. The molecule has 15 heavy (non-hydrogen) atoms. The summed E-state index contributed by atoms with van der Waals surface area (Å²) in [6.07, 6.45) is 2.23. The van der Waals surface area contributed by atoms with Crippen molar-refractivity contribution in [1.82, 2.24) is 0 Å². The van der Waals surface area contributed by atoms with Gasteiger partial charge in [-0.3, -0.25) is 0 Å². The third kappa shape index (κ3) is 1.86. The predicted octanol–water partition coefficient (Wildman–Crippen LogP) is 2.62. The van der Waals surface area contributed by atoms with Gasteiger partial charge in [-0.25, -0.2) is 0 Å². The van der Waals surface area contributed by atoms with E-state index in [4.69, 9.17) is 4.74 Å². The Balaban J connectivity index is 2.44. The predicted molar refractivity (Wildman–Crippen MR) is 60.0 cm³/mol. The van der Waals surface area contributed by atoms with E-state index in [0.717, 1.165) is 29.7 Å². The first-order valence-corrected chi connectivity index (χ1v) is 5.43. The first kappa shape index (κ1) is 10.5. The lowest BCUT2D eigenvalue weighted by atomic mass is 9.89. The van der Waals surface area contributed by atoms with E-state index in [9.17, 15) is 5.11 Å². The number of rotatable bonds is 3. The molecule has 0 bridgehead atoms. The van der Waals surface area contributed by atoms with Crippen LogP contribution in [0.15, 0.2) is 18.2 Å². The van der Waals surface area contributed by atoms with E-state index < -0.39 is 5.60 Å². The highest BCUT2D eigenvalue weighted by atomic mass is 16.5. The minimum Gasteiger partial charge on any atom is -0.496 e. The molecule has 2 rings (SSSR count). The van der Waals surface area contributed by atoms with E-state index >= 15 is 0 Å². The number of aliphatic hydroxyl groups is 1. The number of ether oxygens (including phenoxy) is 1. The lowest BCUT2D eigenvalue weighted by molar-refractivity contribution is 0.0306. The quantitative estimate of drug-likeness (QED) is 0.823. The first-order valence-electron chi connectivity index (χ1n) is 5.43. The van der Waals surface area contributed by atoms with Crippen LogP contribution in [0, 0.1) is 12.8 Å². The maximum atomic E-state index is 10.5. The Morgan fingerprint density at radius 1 is 1.40 bits per heavy atom. The van der Waals surface area contributed by atoms with Crippen molar-refractivity contribution in [3.05, 3.63) is 29.3 Å². The van der Waals surface area contributed by atoms with Crippen molar-refractivity contribution in [1.29, 1.82) is 0 Å². The molecule has 1 saturated carbocycles. The lowest BCUT2D eigenvalue weighted by Crippen LogP contribution is -2.24. The van der Waals surface area contributed by atoms with Gasteiger partial charge < -0.3 is 9.84 Å². The van der Waals surface area contributed by atoms with Gasteiger partial charge in [-0.1, -0.05) is 11.6 Å². The van der Waals surface area contributed by atoms with E-state index in [1.54, 1.807) is 7.11 Å². The topological polar surface area (TPSA) is 29.5 Å². The maximum Gasteiger partial charge on any atom is 0.124 e. The summed E-state index contributed by atoms with van der Waals surface area (Å²) in [7, 11) is 1.65. The van der Waals surface area contributed by atoms with E-state index in [0.29, 0.717) is 5.92 Å². The van der Waals surface area contributed by atoms with Crippen molar-refractivity contribution in [3.8, 4) is 5.75 Å². The summed E-state index contributed by atoms with van der Waals surface area (Å²) in [6, 6.07) is 5.96. The van der Waals surface area contributed by atoms with Crippen LogP contribution >= 0.6 is 0 Å². The van der Waals surface area contributed by atoms with Gasteiger partial charge in [0, 0.05) is 5.56 Å². The Labute approximate surface area is 90.9 Å². The molecule has 2 heteroatoms. The smallest absolute Gasteiger partial charge is 0.124 e. The summed E-state index contributed by atoms with van der Waals surface area (Å²) in [5.74, 6) is 1.19. The van der Waals surface area contributed by atoms with Crippen LogP contribution in [0.3, 0.4) is 0 Å². The van der Waals surface area contributed by atoms with Crippen LogP contribution in [0.5, 0.6) is 5.75 Å². The van der Waals surface area contributed by atoms with Crippen LogP contribution in [0.25, 0.3) is 0 Å². The van der Waals surface area contributed by atoms with E-state index in [1.165, 1.54) is 0 Å². The summed E-state index contributed by atoms with van der Waals surface area (Å²) in [4.78, 5) is 0. The van der Waals surface area contributed by atoms with Gasteiger partial charge in [0.1, 0.15) is 5.75 Å². The Kier molecular flexibility index (Phi) is 2.47. The van der Waals surface area contributed by atoms with Crippen molar-refractivity contribution in [2.24, 2.45) is 5.92 Å². The fraction of sp³-hybridized carbons (Fsp3) is 0.538. The SMILES string of the molecule is COc1ccc(C)cc1[C@@](C)(O)C1CC1. The molecular formula is C13H18O2. The van der Waals surface area contributed by atoms with Gasteiger partial charge in [-0.2, -0.15) is 0 Å². The molecular weight excluding hydrogens is 188 g/mol. The van der Waals surface area contributed by atoms with Crippen molar-refractivity contribution in [2.45, 2.75) is 32.3 Å². The molecule has 82 valence electrons. The molecule has 0 aromatic heterocycles. The Bertz CT molecular complexity index is 365. The Morgan fingerprint density at radius 2 is 2.07 bits per heavy atom. The van der Waals surface area contributed by atoms with Crippen LogP contribution in [0.1, 0.15) is 30.9 Å². The second kappa shape index (κ2) is 3.53. The van der Waals surface area contributed by atoms with Crippen molar-refractivity contribution >= 4 is 0 Å². The van der Waals surface area contributed by atoms with Gasteiger partial charge in [-0.15, -0.1) is 0 Å². The summed E-state index contributed by atoms with van der Waals surface area (Å²) in [5.41, 5.74) is 1.34. The Hall–Kier alpha value is -1.02. The van der Waals surface area contributed by atoms with Crippen LogP contribution in [-0.2, 0) is 5.60 Å². The lowest BCUT2D eigenvalue weighted by Gasteiger charge is -2.26. The zero-order valence-electron chi connectivity index (χ0n) is 9.58. The molecule has 1 aliphatic carbocycles. The first-order chi connectivity index (χ1) is 7.05. The van der Waals surface area contributed by atoms with E-state index in [-0.39, 0.29) is 0 Å². The van der Waals surface area contributed by atoms with Crippen molar-refractivity contribution in [3.63, 3.8) is 0 Å². The van der Waals surface area contributed by atoms with Gasteiger partial charge in [-0.05, 0) is 44.7 Å². The van der Waals surface area contributed by atoms with Gasteiger partial charge in [0.25, 0.3) is 0 Å². The van der Waals surface area contributed by atoms with E-state index in [2.05, 4.69) is 0 Å². The minimum absolute atomic E-state index is 0.396. The second-order valence-corrected chi connectivity index (χ2v) is 4.63. The zero-order valence-corrected chi connectivity index (χ0v) is 9.58. The average molecular weight is 206 g/mol. The van der Waals surface area contributed by atoms with Crippen molar-refractivity contribution < 1.29 is 9.84 Å². The van der Waals surface area contributed by atoms with Gasteiger partial charge >= 0.3 is 0 Å². The minimum atomic E-state index is -0.739. The van der Waals surface area contributed by atoms with Crippen LogP contribution < -0.4 is 4.74 Å². The Morgan fingerprint density at radius 3 is 2.60 bits per heavy atom. The molecule has 0 aliphatic heterocycles. The third-order valence-corrected chi connectivity index (χ3v) is 3.27. The van der Waals surface area contributed by atoms with Crippen molar-refractivity contribution in [2.75, 3.05) is 7.11 Å². The van der Waals surface area contributed by atoms with Crippen LogP contribution in [-0.4, -0.2) is 12.2 Å². The van der Waals surface area contributed by atoms with Gasteiger partial charge in [0.05, 0.1) is 12.7 Å². The molecule has 1 aromatic rings. The number of methoxy groups -OCH3 is 1. The molecule has 0 saturated heterocycles. The van der Waals surface area contributed by atoms with Gasteiger partial charge in [0.2, 0.25) is 0 Å². The standard InChI is InChI=1S/C13H18O2/c1-9-4-7-12(15-3)11(8-9)13(2,14)10-5-6-10/h4,7-8,10,14H,5-6H2,1-3H3/t13-/m0/s1. The summed E-state index contributed by atoms with van der Waals surface area (Å²) < 4.78 is 5.30. The molecule has 1 atom stereocenters. The summed E-state index contributed by atoms with van der Waals surface area (Å²) in [6.45, 7) is 3.92. The summed E-state index contributed by atoms with van der Waals surface area (Å²) in [5, 5.41) is 10.5. The normalized spacial score (nSPS) is 19.7. The molecule has 0 unspecified atom stereocenters. The molecule has 0 radical (unpaired) electrons. The number of aryl methyl sites for hydroxylation is 1. The molecule has 0 amide bonds. The molecule has 1 aliphatic rings. The number of hydrogen-bond donors (Lipinski definition) is 1. The largest absolute Gasteiger partial charge is 0.496 e. The zero-order chi connectivity index (χ0) is 11.1. The number of benzene rings is 1. The van der Waals surface area contributed by atoms with Crippen LogP contribution in [0.2, 0.25) is 0 Å². The maximum absolute atomic E-state index is 10.5.